The van der Waals surface area contributed by atoms with Gasteiger partial charge in [0.25, 0.3) is 0 Å². The van der Waals surface area contributed by atoms with Gasteiger partial charge in [0.2, 0.25) is 5.91 Å². The van der Waals surface area contributed by atoms with E-state index in [2.05, 4.69) is 10.4 Å². The highest BCUT2D eigenvalue weighted by Crippen LogP contribution is 2.36. The predicted molar refractivity (Wildman–Crippen MR) is 133 cm³/mol. The van der Waals surface area contributed by atoms with Crippen molar-refractivity contribution < 1.29 is 46.1 Å². The molecule has 0 aliphatic carbocycles. The Morgan fingerprint density at radius 1 is 1.02 bits per heavy atom. The van der Waals surface area contributed by atoms with Crippen molar-refractivity contribution in [3.63, 3.8) is 0 Å². The van der Waals surface area contributed by atoms with E-state index in [1.807, 2.05) is 0 Å². The lowest BCUT2D eigenvalue weighted by atomic mass is 9.89. The number of alkyl halides is 6. The van der Waals surface area contributed by atoms with Gasteiger partial charge in [-0.05, 0) is 35.9 Å². The van der Waals surface area contributed by atoms with Gasteiger partial charge in [0.15, 0.2) is 17.7 Å². The van der Waals surface area contributed by atoms with Crippen LogP contribution in [0, 0.1) is 0 Å². The number of carbonyl (C=O) groups excluding carboxylic acids is 2. The average Bonchev–Trinajstić information content (AvgIpc) is 3.19. The largest absolute Gasteiger partial charge is 0.416 e. The zero-order valence-electron chi connectivity index (χ0n) is 20.9. The fraction of sp³-hybridized carbons (Fsp3) is 0.360. The molecule has 0 bridgehead atoms. The van der Waals surface area contributed by atoms with Gasteiger partial charge in [0, 0.05) is 23.6 Å². The summed E-state index contributed by atoms with van der Waals surface area (Å²) in [6.07, 6.45) is -13.8. The highest BCUT2D eigenvalue weighted by Gasteiger charge is 2.40. The molecule has 41 heavy (non-hydrogen) atoms. The van der Waals surface area contributed by atoms with Crippen LogP contribution in [0.15, 0.2) is 53.3 Å². The molecule has 9 nitrogen and oxygen atoms in total. The average molecular weight is 609 g/mol. The number of benzene rings is 2. The van der Waals surface area contributed by atoms with Gasteiger partial charge in [-0.15, -0.1) is 5.10 Å². The lowest BCUT2D eigenvalue weighted by Crippen LogP contribution is -2.38. The highest BCUT2D eigenvalue weighted by molar-refractivity contribution is 6.30. The predicted octanol–water partition coefficient (Wildman–Crippen LogP) is 3.16. The quantitative estimate of drug-likeness (QED) is 0.287. The van der Waals surface area contributed by atoms with Crippen LogP contribution in [-0.4, -0.2) is 61.7 Å². The van der Waals surface area contributed by atoms with E-state index in [1.165, 1.54) is 30.3 Å². The van der Waals surface area contributed by atoms with Crippen molar-refractivity contribution in [1.82, 2.24) is 19.7 Å². The minimum atomic E-state index is -5.09. The molecule has 0 saturated heterocycles. The Morgan fingerprint density at radius 2 is 1.66 bits per heavy atom. The molecule has 0 saturated carbocycles. The molecule has 1 amide bonds. The van der Waals surface area contributed by atoms with Crippen LogP contribution < -0.4 is 11.0 Å². The number of ketones is 1. The summed E-state index contributed by atoms with van der Waals surface area (Å²) in [6, 6.07) is 9.47. The first-order valence-corrected chi connectivity index (χ1v) is 12.3. The Labute approximate surface area is 233 Å². The Bertz CT molecular complexity index is 1440. The molecule has 0 aliphatic heterocycles. The molecule has 0 radical (unpaired) electrons. The van der Waals surface area contributed by atoms with E-state index in [0.29, 0.717) is 9.25 Å². The van der Waals surface area contributed by atoms with E-state index in [0.717, 1.165) is 18.2 Å². The third-order valence-electron chi connectivity index (χ3n) is 5.89. The number of aromatic nitrogens is 3. The minimum Gasteiger partial charge on any atom is -0.395 e. The second kappa shape index (κ2) is 12.9. The number of aliphatic hydroxyl groups is 2. The molecule has 222 valence electrons. The van der Waals surface area contributed by atoms with Gasteiger partial charge >= 0.3 is 18.0 Å². The summed E-state index contributed by atoms with van der Waals surface area (Å²) >= 11 is 5.84. The van der Waals surface area contributed by atoms with E-state index in [-0.39, 0.29) is 23.0 Å². The van der Waals surface area contributed by atoms with Crippen LogP contribution in [0.4, 0.5) is 26.3 Å². The molecular weight excluding hydrogens is 586 g/mol. The molecule has 1 unspecified atom stereocenters. The molecule has 1 heterocycles. The summed E-state index contributed by atoms with van der Waals surface area (Å²) in [6.45, 7) is -3.02. The van der Waals surface area contributed by atoms with Gasteiger partial charge in [-0.1, -0.05) is 29.8 Å². The summed E-state index contributed by atoms with van der Waals surface area (Å²) in [5.74, 6) is -3.98. The second-order valence-electron chi connectivity index (χ2n) is 8.83. The van der Waals surface area contributed by atoms with E-state index in [9.17, 15) is 45.8 Å². The summed E-state index contributed by atoms with van der Waals surface area (Å²) < 4.78 is 81.1. The Hall–Kier alpha value is -3.69. The zero-order chi connectivity index (χ0) is 30.5. The topological polar surface area (TPSA) is 126 Å². The molecule has 2 aromatic carbocycles. The number of Topliss-reactive ketones (excluding diaryl/α,β-unsaturated/α-hetero) is 1. The maximum absolute atomic E-state index is 13.7. The van der Waals surface area contributed by atoms with Gasteiger partial charge in [-0.3, -0.25) is 14.2 Å². The number of nitrogens with zero attached hydrogens (tertiary/aromatic N) is 3. The van der Waals surface area contributed by atoms with Crippen molar-refractivity contribution in [3.8, 4) is 11.4 Å². The summed E-state index contributed by atoms with van der Waals surface area (Å²) in [7, 11) is 0. The van der Waals surface area contributed by atoms with Crippen LogP contribution in [0.1, 0.15) is 23.5 Å². The summed E-state index contributed by atoms with van der Waals surface area (Å²) in [5.41, 5.74) is -2.81. The smallest absolute Gasteiger partial charge is 0.395 e. The molecule has 1 aromatic heterocycles. The standard InChI is InChI=1S/C25H23ClF6N4O5/c26-15-7-5-14(6-8-15)21-34-36(23(41)35(21)13-20(39)25(30,31)32)12-16(38)11-18(22(40)33-9-10-37)17-3-1-2-4-19(17)24(27,28)29/h1-8,18,20,37,39H,9-13H2,(H,33,40)/t18?,20-/m0/s1. The molecule has 3 rings (SSSR count). The van der Waals surface area contributed by atoms with Crippen molar-refractivity contribution in [2.75, 3.05) is 13.2 Å². The number of rotatable bonds is 11. The molecule has 2 atom stereocenters. The zero-order valence-corrected chi connectivity index (χ0v) is 21.7. The van der Waals surface area contributed by atoms with E-state index < -0.39 is 79.0 Å². The van der Waals surface area contributed by atoms with E-state index in [4.69, 9.17) is 16.7 Å². The Balaban J connectivity index is 1.99. The summed E-state index contributed by atoms with van der Waals surface area (Å²) in [4.78, 5) is 38.7. The maximum atomic E-state index is 13.7. The monoisotopic (exact) mass is 608 g/mol. The number of halogens is 7. The van der Waals surface area contributed by atoms with Crippen LogP contribution in [0.5, 0.6) is 0 Å². The molecule has 16 heteroatoms. The Morgan fingerprint density at radius 3 is 2.24 bits per heavy atom. The van der Waals surface area contributed by atoms with Gasteiger partial charge in [-0.25, -0.2) is 9.48 Å². The highest BCUT2D eigenvalue weighted by atomic mass is 35.5. The van der Waals surface area contributed by atoms with Crippen LogP contribution >= 0.6 is 11.6 Å². The first kappa shape index (κ1) is 31.8. The van der Waals surface area contributed by atoms with Gasteiger partial charge in [0.1, 0.15) is 6.54 Å². The molecule has 3 N–H and O–H groups in total. The van der Waals surface area contributed by atoms with Crippen LogP contribution in [0.2, 0.25) is 5.02 Å². The third-order valence-corrected chi connectivity index (χ3v) is 6.14. The van der Waals surface area contributed by atoms with Crippen molar-refractivity contribution in [1.29, 1.82) is 0 Å². The van der Waals surface area contributed by atoms with Crippen molar-refractivity contribution in [3.05, 3.63) is 75.2 Å². The van der Waals surface area contributed by atoms with E-state index >= 15 is 0 Å². The number of nitrogens with one attached hydrogen (secondary N) is 1. The molecule has 0 spiro atoms. The third kappa shape index (κ3) is 7.95. The lowest BCUT2D eigenvalue weighted by molar-refractivity contribution is -0.207. The Kier molecular flexibility index (Phi) is 9.99. The van der Waals surface area contributed by atoms with Gasteiger partial charge < -0.3 is 15.5 Å². The number of hydrogen-bond donors (Lipinski definition) is 3. The normalized spacial score (nSPS) is 13.6. The van der Waals surface area contributed by atoms with Crippen molar-refractivity contribution in [2.45, 2.75) is 43.9 Å². The van der Waals surface area contributed by atoms with Crippen LogP contribution in [0.3, 0.4) is 0 Å². The summed E-state index contributed by atoms with van der Waals surface area (Å²) in [5, 5.41) is 25.0. The van der Waals surface area contributed by atoms with Crippen LogP contribution in [0.25, 0.3) is 11.4 Å². The fourth-order valence-corrected chi connectivity index (χ4v) is 4.09. The van der Waals surface area contributed by atoms with E-state index in [1.54, 1.807) is 0 Å². The molecular formula is C25H23ClF6N4O5. The van der Waals surface area contributed by atoms with Gasteiger partial charge in [-0.2, -0.15) is 26.3 Å². The second-order valence-corrected chi connectivity index (χ2v) is 9.27. The number of hydrogen-bond acceptors (Lipinski definition) is 6. The van der Waals surface area contributed by atoms with Crippen molar-refractivity contribution in [2.24, 2.45) is 0 Å². The number of carbonyl (C=O) groups is 2. The SMILES string of the molecule is O=C(CC(C(=O)NCCO)c1ccccc1C(F)(F)F)Cn1nc(-c2ccc(Cl)cc2)n(C[C@H](O)C(F)(F)F)c1=O. The minimum absolute atomic E-state index is 0.118. The first-order valence-electron chi connectivity index (χ1n) is 11.9. The molecule has 0 aliphatic rings. The molecule has 0 fully saturated rings. The number of aliphatic hydroxyl groups excluding tert-OH is 2. The first-order chi connectivity index (χ1) is 19.1. The van der Waals surface area contributed by atoms with Crippen molar-refractivity contribution >= 4 is 23.3 Å². The fourth-order valence-electron chi connectivity index (χ4n) is 3.96. The van der Waals surface area contributed by atoms with Gasteiger partial charge in [0.05, 0.1) is 24.6 Å². The molecule has 3 aromatic rings. The maximum Gasteiger partial charge on any atom is 0.416 e. The number of amides is 1. The lowest BCUT2D eigenvalue weighted by Gasteiger charge is -2.21. The van der Waals surface area contributed by atoms with Crippen LogP contribution in [-0.2, 0) is 28.9 Å².